The molecule has 1 aliphatic carbocycles. The fourth-order valence-electron chi connectivity index (χ4n) is 7.01. The van der Waals surface area contributed by atoms with E-state index in [1.165, 1.54) is 32.6 Å². The molecule has 0 unspecified atom stereocenters. The second-order valence-electron chi connectivity index (χ2n) is 14.2. The van der Waals surface area contributed by atoms with E-state index in [0.29, 0.717) is 92.2 Å². The van der Waals surface area contributed by atoms with Crippen molar-refractivity contribution < 1.29 is 37.6 Å². The standard InChI is InChI=1S/C44H57NO8Si/c1-44(2,3)54(36-15-6-4-7-16-36,37-17-8-5-9-18-37)53-34-33-51-32-31-50-30-29-49-28-27-48-26-25-47-24-14-23-45-43(46)52-35-42-40-21-12-10-19-38(40)39-20-11-13-22-41(39)42/h4-13,15-22,42H,14,23-35H2,1-3H3,(H,45,46). The predicted octanol–water partition coefficient (Wildman–Crippen LogP) is 6.57. The van der Waals surface area contributed by atoms with Crippen molar-refractivity contribution in [2.45, 2.75) is 38.1 Å². The number of alkyl carbamates (subject to hydrolysis) is 1. The molecule has 5 rings (SSSR count). The molecule has 0 saturated heterocycles. The third-order valence-electron chi connectivity index (χ3n) is 9.53. The van der Waals surface area contributed by atoms with E-state index in [1.807, 2.05) is 24.3 Å². The molecule has 0 aliphatic heterocycles. The average molecular weight is 756 g/mol. The van der Waals surface area contributed by atoms with Gasteiger partial charge >= 0.3 is 6.09 Å². The van der Waals surface area contributed by atoms with Crippen LogP contribution in [0.1, 0.15) is 44.2 Å². The van der Waals surface area contributed by atoms with Gasteiger partial charge < -0.3 is 38.2 Å². The molecule has 1 N–H and O–H groups in total. The van der Waals surface area contributed by atoms with Gasteiger partial charge in [-0.05, 0) is 44.1 Å². The highest BCUT2D eigenvalue weighted by molar-refractivity contribution is 6.99. The van der Waals surface area contributed by atoms with Gasteiger partial charge in [0.15, 0.2) is 0 Å². The topological polar surface area (TPSA) is 93.7 Å². The molecular weight excluding hydrogens is 699 g/mol. The summed E-state index contributed by atoms with van der Waals surface area (Å²) in [5.74, 6) is 0.0516. The number of carbonyl (C=O) groups is 1. The molecular formula is C44H57NO8Si. The highest BCUT2D eigenvalue weighted by atomic mass is 28.4. The summed E-state index contributed by atoms with van der Waals surface area (Å²) in [6.07, 6.45) is 0.278. The van der Waals surface area contributed by atoms with E-state index in [2.05, 4.69) is 111 Å². The van der Waals surface area contributed by atoms with Crippen molar-refractivity contribution in [1.82, 2.24) is 5.32 Å². The molecule has 0 heterocycles. The SMILES string of the molecule is CC(C)(C)[Si](OCCOCCOCCOCCOCCOCCCNC(=O)OCC1c2ccccc2-c2ccccc21)(c1ccccc1)c1ccccc1. The number of benzene rings is 4. The molecule has 0 radical (unpaired) electrons. The summed E-state index contributed by atoms with van der Waals surface area (Å²) in [5.41, 5.74) is 4.82. The maximum absolute atomic E-state index is 12.3. The molecule has 290 valence electrons. The highest BCUT2D eigenvalue weighted by Gasteiger charge is 2.50. The Kier molecular flexibility index (Phi) is 16.7. The van der Waals surface area contributed by atoms with Gasteiger partial charge in [-0.3, -0.25) is 0 Å². The maximum atomic E-state index is 12.3. The van der Waals surface area contributed by atoms with E-state index in [4.69, 9.17) is 32.8 Å². The average Bonchev–Trinajstić information content (AvgIpc) is 3.51. The van der Waals surface area contributed by atoms with E-state index >= 15 is 0 Å². The van der Waals surface area contributed by atoms with E-state index in [9.17, 15) is 4.79 Å². The molecule has 0 fully saturated rings. The first kappa shape index (κ1) is 41.3. The van der Waals surface area contributed by atoms with Gasteiger partial charge in [0, 0.05) is 19.1 Å². The van der Waals surface area contributed by atoms with Crippen molar-refractivity contribution in [2.75, 3.05) is 85.8 Å². The van der Waals surface area contributed by atoms with E-state index in [1.54, 1.807) is 0 Å². The quantitative estimate of drug-likeness (QED) is 0.0635. The Labute approximate surface area is 322 Å². The lowest BCUT2D eigenvalue weighted by Gasteiger charge is -2.43. The van der Waals surface area contributed by atoms with Crippen LogP contribution in [0, 0.1) is 0 Å². The lowest BCUT2D eigenvalue weighted by atomic mass is 9.98. The molecule has 0 aromatic heterocycles. The summed E-state index contributed by atoms with van der Waals surface area (Å²) >= 11 is 0. The number of amides is 1. The fourth-order valence-corrected chi connectivity index (χ4v) is 11.6. The van der Waals surface area contributed by atoms with Crippen molar-refractivity contribution in [3.05, 3.63) is 120 Å². The minimum absolute atomic E-state index is 0.0516. The normalized spacial score (nSPS) is 12.7. The first-order valence-electron chi connectivity index (χ1n) is 19.1. The number of hydrogen-bond donors (Lipinski definition) is 1. The molecule has 0 spiro atoms. The Morgan fingerprint density at radius 3 is 1.43 bits per heavy atom. The van der Waals surface area contributed by atoms with Gasteiger partial charge in [0.05, 0.1) is 66.1 Å². The lowest BCUT2D eigenvalue weighted by molar-refractivity contribution is -0.0129. The molecule has 0 bridgehead atoms. The Balaban J connectivity index is 0.814. The fraction of sp³-hybridized carbons (Fsp3) is 0.432. The Morgan fingerprint density at radius 2 is 0.963 bits per heavy atom. The predicted molar refractivity (Wildman–Crippen MR) is 215 cm³/mol. The third-order valence-corrected chi connectivity index (χ3v) is 14.6. The van der Waals surface area contributed by atoms with Crippen molar-refractivity contribution in [3.8, 4) is 11.1 Å². The lowest BCUT2D eigenvalue weighted by Crippen LogP contribution is -2.66. The number of rotatable bonds is 24. The summed E-state index contributed by atoms with van der Waals surface area (Å²) in [6, 6.07) is 37.9. The number of hydrogen-bond acceptors (Lipinski definition) is 8. The monoisotopic (exact) mass is 755 g/mol. The number of nitrogens with one attached hydrogen (secondary N) is 1. The number of carbonyl (C=O) groups excluding carboxylic acids is 1. The minimum atomic E-state index is -2.55. The van der Waals surface area contributed by atoms with Gasteiger partial charge in [0.2, 0.25) is 0 Å². The zero-order valence-electron chi connectivity index (χ0n) is 32.1. The first-order valence-corrected chi connectivity index (χ1v) is 21.0. The summed E-state index contributed by atoms with van der Waals surface area (Å²) in [7, 11) is -2.55. The van der Waals surface area contributed by atoms with Crippen LogP contribution in [0.4, 0.5) is 4.79 Å². The molecule has 0 saturated carbocycles. The van der Waals surface area contributed by atoms with Gasteiger partial charge in [0.25, 0.3) is 8.32 Å². The largest absolute Gasteiger partial charge is 0.449 e. The smallest absolute Gasteiger partial charge is 0.407 e. The van der Waals surface area contributed by atoms with Crippen LogP contribution in [0.5, 0.6) is 0 Å². The molecule has 9 nitrogen and oxygen atoms in total. The van der Waals surface area contributed by atoms with Crippen molar-refractivity contribution >= 4 is 24.8 Å². The van der Waals surface area contributed by atoms with Gasteiger partial charge in [-0.1, -0.05) is 130 Å². The Bertz CT molecular complexity index is 1580. The Morgan fingerprint density at radius 1 is 0.556 bits per heavy atom. The van der Waals surface area contributed by atoms with Crippen molar-refractivity contribution in [1.29, 1.82) is 0 Å². The Hall–Kier alpha value is -3.87. The molecule has 4 aromatic rings. The van der Waals surface area contributed by atoms with E-state index in [0.717, 1.165) is 0 Å². The zero-order chi connectivity index (χ0) is 37.9. The number of fused-ring (bicyclic) bond motifs is 3. The third kappa shape index (κ3) is 11.6. The van der Waals surface area contributed by atoms with Gasteiger partial charge in [-0.25, -0.2) is 4.79 Å². The van der Waals surface area contributed by atoms with Crippen LogP contribution < -0.4 is 15.7 Å². The van der Waals surface area contributed by atoms with Crippen LogP contribution in [-0.2, 0) is 32.8 Å². The second-order valence-corrected chi connectivity index (χ2v) is 18.5. The van der Waals surface area contributed by atoms with Crippen molar-refractivity contribution in [3.63, 3.8) is 0 Å². The van der Waals surface area contributed by atoms with E-state index in [-0.39, 0.29) is 11.0 Å². The molecule has 1 amide bonds. The van der Waals surface area contributed by atoms with Crippen LogP contribution >= 0.6 is 0 Å². The summed E-state index contributed by atoms with van der Waals surface area (Å²) < 4.78 is 40.8. The maximum Gasteiger partial charge on any atom is 0.407 e. The van der Waals surface area contributed by atoms with Gasteiger partial charge in [0.1, 0.15) is 6.61 Å². The highest BCUT2D eigenvalue weighted by Crippen LogP contribution is 2.44. The molecule has 54 heavy (non-hydrogen) atoms. The minimum Gasteiger partial charge on any atom is -0.449 e. The van der Waals surface area contributed by atoms with Gasteiger partial charge in [-0.2, -0.15) is 0 Å². The summed E-state index contributed by atoms with van der Waals surface area (Å²) in [5, 5.41) is 5.29. The van der Waals surface area contributed by atoms with Crippen LogP contribution in [-0.4, -0.2) is 100 Å². The second kappa shape index (κ2) is 21.9. The van der Waals surface area contributed by atoms with E-state index < -0.39 is 14.4 Å². The molecule has 1 aliphatic rings. The van der Waals surface area contributed by atoms with Crippen LogP contribution in [0.3, 0.4) is 0 Å². The molecule has 4 aromatic carbocycles. The van der Waals surface area contributed by atoms with Crippen molar-refractivity contribution in [2.24, 2.45) is 0 Å². The summed E-state index contributed by atoms with van der Waals surface area (Å²) in [4.78, 5) is 12.3. The van der Waals surface area contributed by atoms with Crippen LogP contribution in [0.15, 0.2) is 109 Å². The summed E-state index contributed by atoms with van der Waals surface area (Å²) in [6.45, 7) is 13.1. The van der Waals surface area contributed by atoms with Crippen LogP contribution in [0.2, 0.25) is 5.04 Å². The molecule has 0 atom stereocenters. The molecule has 10 heteroatoms. The first-order chi connectivity index (χ1) is 26.4. The number of ether oxygens (including phenoxy) is 6. The van der Waals surface area contributed by atoms with Crippen LogP contribution in [0.25, 0.3) is 11.1 Å². The zero-order valence-corrected chi connectivity index (χ0v) is 33.1. The van der Waals surface area contributed by atoms with Gasteiger partial charge in [-0.15, -0.1) is 0 Å².